The lowest BCUT2D eigenvalue weighted by Crippen LogP contribution is -2.47. The van der Waals surface area contributed by atoms with Crippen LogP contribution in [-0.4, -0.2) is 28.4 Å². The number of hydrogen-bond acceptors (Lipinski definition) is 3. The Bertz CT molecular complexity index is 462. The van der Waals surface area contributed by atoms with Gasteiger partial charge in [-0.3, -0.25) is 0 Å². The molecule has 3 nitrogen and oxygen atoms in total. The van der Waals surface area contributed by atoms with Crippen molar-refractivity contribution >= 4 is 17.5 Å². The van der Waals surface area contributed by atoms with E-state index < -0.39 is 11.9 Å². The Hall–Kier alpha value is -1.04. The summed E-state index contributed by atoms with van der Waals surface area (Å²) in [6.07, 6.45) is -2.60. The molecule has 1 saturated heterocycles. The highest BCUT2D eigenvalue weighted by atomic mass is 35.5. The highest BCUT2D eigenvalue weighted by Crippen LogP contribution is 2.35. The summed E-state index contributed by atoms with van der Waals surface area (Å²) >= 11 is 6.22. The third-order valence-electron chi connectivity index (χ3n) is 3.31. The van der Waals surface area contributed by atoms with E-state index in [-0.39, 0.29) is 16.7 Å². The number of rotatable bonds is 1. The van der Waals surface area contributed by atoms with E-state index >= 15 is 0 Å². The van der Waals surface area contributed by atoms with Crippen LogP contribution in [0.1, 0.15) is 26.0 Å². The molecule has 0 aromatic carbocycles. The molecule has 0 radical (unpaired) electrons. The molecule has 0 spiro atoms. The number of nitrogens with zero attached hydrogens (tertiary/aromatic N) is 3. The molecule has 19 heavy (non-hydrogen) atoms. The van der Waals surface area contributed by atoms with Crippen molar-refractivity contribution < 1.29 is 13.2 Å². The minimum atomic E-state index is -4.45. The van der Waals surface area contributed by atoms with Gasteiger partial charge in [0.05, 0.1) is 0 Å². The van der Waals surface area contributed by atoms with Crippen LogP contribution >= 0.6 is 11.6 Å². The molecule has 1 aromatic rings. The molecule has 1 aliphatic heterocycles. The van der Waals surface area contributed by atoms with E-state index in [1.807, 2.05) is 13.8 Å². The van der Waals surface area contributed by atoms with E-state index in [0.29, 0.717) is 19.5 Å². The van der Waals surface area contributed by atoms with Gasteiger partial charge in [-0.25, -0.2) is 9.97 Å². The second-order valence-corrected chi connectivity index (χ2v) is 5.93. The van der Waals surface area contributed by atoms with E-state index in [2.05, 4.69) is 9.97 Å². The van der Waals surface area contributed by atoms with Gasteiger partial charge in [-0.05, 0) is 17.9 Å². The van der Waals surface area contributed by atoms with Crippen molar-refractivity contribution in [1.29, 1.82) is 0 Å². The van der Waals surface area contributed by atoms with E-state index in [1.54, 1.807) is 4.90 Å². The van der Waals surface area contributed by atoms with Gasteiger partial charge in [0, 0.05) is 24.7 Å². The third kappa shape index (κ3) is 3.11. The average Bonchev–Trinajstić information content (AvgIpc) is 2.32. The second kappa shape index (κ2) is 4.81. The first kappa shape index (κ1) is 14.4. The maximum Gasteiger partial charge on any atom is 0.433 e. The number of alkyl halides is 4. The van der Waals surface area contributed by atoms with Crippen molar-refractivity contribution in [3.8, 4) is 0 Å². The van der Waals surface area contributed by atoms with Gasteiger partial charge in [0.15, 0.2) is 0 Å². The van der Waals surface area contributed by atoms with Crippen LogP contribution in [0.25, 0.3) is 0 Å². The summed E-state index contributed by atoms with van der Waals surface area (Å²) in [6.45, 7) is 5.09. The molecule has 1 aliphatic rings. The topological polar surface area (TPSA) is 29.0 Å². The molecule has 2 heterocycles. The van der Waals surface area contributed by atoms with Gasteiger partial charge in [-0.2, -0.15) is 13.2 Å². The molecule has 1 unspecified atom stereocenters. The number of anilines is 1. The predicted octanol–water partition coefficient (Wildman–Crippen LogP) is 3.34. The van der Waals surface area contributed by atoms with Crippen molar-refractivity contribution in [2.45, 2.75) is 31.8 Å². The van der Waals surface area contributed by atoms with E-state index in [1.165, 1.54) is 0 Å². The van der Waals surface area contributed by atoms with Crippen molar-refractivity contribution in [1.82, 2.24) is 9.97 Å². The lowest BCUT2D eigenvalue weighted by molar-refractivity contribution is -0.141. The quantitative estimate of drug-likeness (QED) is 0.744. The fraction of sp³-hybridized carbons (Fsp3) is 0.667. The molecule has 1 aromatic heterocycles. The Morgan fingerprint density at radius 1 is 1.42 bits per heavy atom. The van der Waals surface area contributed by atoms with Crippen LogP contribution in [-0.2, 0) is 6.18 Å². The summed E-state index contributed by atoms with van der Waals surface area (Å²) in [5, 5.41) is 0.00884. The summed E-state index contributed by atoms with van der Waals surface area (Å²) in [5.41, 5.74) is -1.10. The molecule has 106 valence electrons. The first-order valence-corrected chi connectivity index (χ1v) is 6.43. The van der Waals surface area contributed by atoms with Crippen molar-refractivity contribution in [3.05, 3.63) is 18.0 Å². The van der Waals surface area contributed by atoms with Gasteiger partial charge >= 0.3 is 6.18 Å². The van der Waals surface area contributed by atoms with Gasteiger partial charge in [-0.15, -0.1) is 11.6 Å². The van der Waals surface area contributed by atoms with Crippen LogP contribution in [0.15, 0.2) is 12.3 Å². The number of aromatic nitrogens is 2. The smallest absolute Gasteiger partial charge is 0.340 e. The Labute approximate surface area is 114 Å². The van der Waals surface area contributed by atoms with Gasteiger partial charge in [0.25, 0.3) is 0 Å². The lowest BCUT2D eigenvalue weighted by atomic mass is 9.84. The maximum absolute atomic E-state index is 12.6. The number of hydrogen-bond donors (Lipinski definition) is 0. The monoisotopic (exact) mass is 293 g/mol. The Kier molecular flexibility index (Phi) is 3.64. The van der Waals surface area contributed by atoms with Gasteiger partial charge < -0.3 is 4.90 Å². The van der Waals surface area contributed by atoms with E-state index in [9.17, 15) is 13.2 Å². The zero-order valence-corrected chi connectivity index (χ0v) is 11.5. The Morgan fingerprint density at radius 2 is 2.11 bits per heavy atom. The molecule has 0 N–H and O–H groups in total. The average molecular weight is 294 g/mol. The standard InChI is InChI=1S/C12H15ClF3N3/c1-11(2)7-19(6-4-8(11)13)10-17-5-3-9(18-10)12(14,15)16/h3,5,8H,4,6-7H2,1-2H3. The fourth-order valence-corrected chi connectivity index (χ4v) is 2.33. The van der Waals surface area contributed by atoms with Crippen molar-refractivity contribution in [3.63, 3.8) is 0 Å². The molecule has 0 aliphatic carbocycles. The predicted molar refractivity (Wildman–Crippen MR) is 67.3 cm³/mol. The normalized spacial score (nSPS) is 23.5. The highest BCUT2D eigenvalue weighted by molar-refractivity contribution is 6.21. The lowest BCUT2D eigenvalue weighted by Gasteiger charge is -2.41. The summed E-state index contributed by atoms with van der Waals surface area (Å²) in [5.74, 6) is 0.117. The number of halogens is 4. The molecule has 2 rings (SSSR count). The highest BCUT2D eigenvalue weighted by Gasteiger charge is 2.37. The second-order valence-electron chi connectivity index (χ2n) is 5.41. The molecule has 0 amide bonds. The van der Waals surface area contributed by atoms with Crippen molar-refractivity contribution in [2.75, 3.05) is 18.0 Å². The zero-order chi connectivity index (χ0) is 14.3. The first-order valence-electron chi connectivity index (χ1n) is 5.99. The van der Waals surface area contributed by atoms with Crippen molar-refractivity contribution in [2.24, 2.45) is 5.41 Å². The summed E-state index contributed by atoms with van der Waals surface area (Å²) < 4.78 is 37.9. The van der Waals surface area contributed by atoms with Crippen LogP contribution in [0.2, 0.25) is 0 Å². The minimum Gasteiger partial charge on any atom is -0.340 e. The van der Waals surface area contributed by atoms with E-state index in [0.717, 1.165) is 12.3 Å². The zero-order valence-electron chi connectivity index (χ0n) is 10.7. The first-order chi connectivity index (χ1) is 8.70. The van der Waals surface area contributed by atoms with Crippen LogP contribution in [0.3, 0.4) is 0 Å². The minimum absolute atomic E-state index is 0.00884. The van der Waals surface area contributed by atoms with Crippen LogP contribution in [0.5, 0.6) is 0 Å². The summed E-state index contributed by atoms with van der Waals surface area (Å²) in [6, 6.07) is 0.878. The molecular weight excluding hydrogens is 279 g/mol. The molecular formula is C12H15ClF3N3. The molecule has 0 saturated carbocycles. The van der Waals surface area contributed by atoms with Crippen LogP contribution in [0, 0.1) is 5.41 Å². The fourth-order valence-electron chi connectivity index (χ4n) is 2.16. The Morgan fingerprint density at radius 3 is 2.68 bits per heavy atom. The van der Waals surface area contributed by atoms with Crippen LogP contribution < -0.4 is 4.90 Å². The van der Waals surface area contributed by atoms with Gasteiger partial charge in [-0.1, -0.05) is 13.8 Å². The molecule has 7 heteroatoms. The largest absolute Gasteiger partial charge is 0.433 e. The number of piperidine rings is 1. The molecule has 1 atom stereocenters. The van der Waals surface area contributed by atoms with Gasteiger partial charge in [0.1, 0.15) is 5.69 Å². The van der Waals surface area contributed by atoms with E-state index in [4.69, 9.17) is 11.6 Å². The SMILES string of the molecule is CC1(C)CN(c2nccc(C(F)(F)F)n2)CCC1Cl. The van der Waals surface area contributed by atoms with Gasteiger partial charge in [0.2, 0.25) is 5.95 Å². The van der Waals surface area contributed by atoms with Crippen LogP contribution in [0.4, 0.5) is 19.1 Å². The Balaban J connectivity index is 2.24. The summed E-state index contributed by atoms with van der Waals surface area (Å²) in [4.78, 5) is 9.30. The third-order valence-corrected chi connectivity index (χ3v) is 4.12. The maximum atomic E-state index is 12.6. The summed E-state index contributed by atoms with van der Waals surface area (Å²) in [7, 11) is 0. The molecule has 1 fully saturated rings. The molecule has 0 bridgehead atoms.